The lowest BCUT2D eigenvalue weighted by atomic mass is 10.0. The van der Waals surface area contributed by atoms with Crippen molar-refractivity contribution in [2.45, 2.75) is 38.8 Å². The number of alkyl halides is 1. The second-order valence-corrected chi connectivity index (χ2v) is 10.3. The molecule has 12 heteroatoms. The van der Waals surface area contributed by atoms with Crippen LogP contribution in [0.5, 0.6) is 0 Å². The van der Waals surface area contributed by atoms with Gasteiger partial charge in [0.25, 0.3) is 5.91 Å². The first kappa shape index (κ1) is 29.5. The summed E-state index contributed by atoms with van der Waals surface area (Å²) in [6, 6.07) is 10.9. The van der Waals surface area contributed by atoms with E-state index in [1.165, 1.54) is 23.5 Å². The van der Waals surface area contributed by atoms with Gasteiger partial charge in [-0.05, 0) is 55.3 Å². The van der Waals surface area contributed by atoms with Crippen molar-refractivity contribution in [3.05, 3.63) is 74.2 Å². The van der Waals surface area contributed by atoms with Crippen LogP contribution in [0.25, 0.3) is 0 Å². The van der Waals surface area contributed by atoms with Crippen LogP contribution in [-0.2, 0) is 24.2 Å². The van der Waals surface area contributed by atoms with Gasteiger partial charge in [-0.2, -0.15) is 0 Å². The van der Waals surface area contributed by atoms with Crippen LogP contribution in [0, 0.1) is 0 Å². The molecular weight excluding hydrogens is 554 g/mol. The monoisotopic (exact) mass is 580 g/mol. The Hall–Kier alpha value is -3.05. The molecule has 2 aromatic carbocycles. The number of thiazole rings is 1. The average molecular weight is 581 g/mol. The highest BCUT2D eigenvalue weighted by atomic mass is 35.5. The number of carbonyl (C=O) groups is 3. The van der Waals surface area contributed by atoms with Gasteiger partial charge in [0.05, 0.1) is 11.3 Å². The number of fused-ring (bicyclic) bond motifs is 1. The molecule has 3 aromatic rings. The molecule has 1 aliphatic rings. The number of rotatable bonds is 9. The zero-order valence-corrected chi connectivity index (χ0v) is 22.9. The second kappa shape index (κ2) is 13.1. The molecule has 1 aromatic heterocycles. The molecule has 2 amide bonds. The molecule has 3 N–H and O–H groups in total. The molecule has 202 valence electrons. The fraction of sp³-hybridized carbons (Fsp3) is 0.308. The molecule has 38 heavy (non-hydrogen) atoms. The van der Waals surface area contributed by atoms with Crippen molar-refractivity contribution in [1.29, 1.82) is 0 Å². The molecule has 0 saturated carbocycles. The fourth-order valence-electron chi connectivity index (χ4n) is 4.01. The van der Waals surface area contributed by atoms with Crippen LogP contribution >= 0.6 is 35.3 Å². The Morgan fingerprint density at radius 1 is 1.18 bits per heavy atom. The number of carboxylic acids is 1. The van der Waals surface area contributed by atoms with Crippen molar-refractivity contribution in [2.75, 3.05) is 23.9 Å². The van der Waals surface area contributed by atoms with E-state index < -0.39 is 18.6 Å². The van der Waals surface area contributed by atoms with Crippen LogP contribution in [-0.4, -0.2) is 52.0 Å². The van der Waals surface area contributed by atoms with Gasteiger partial charge in [-0.3, -0.25) is 14.5 Å². The van der Waals surface area contributed by atoms with Gasteiger partial charge in [0.15, 0.2) is 5.01 Å². The molecule has 4 rings (SSSR count). The summed E-state index contributed by atoms with van der Waals surface area (Å²) in [5, 5.41) is 15.8. The van der Waals surface area contributed by atoms with Crippen LogP contribution in [0.15, 0.2) is 42.5 Å². The second-order valence-electron chi connectivity index (χ2n) is 8.80. The van der Waals surface area contributed by atoms with Gasteiger partial charge in [0, 0.05) is 53.2 Å². The number of benzene rings is 2. The number of amides is 2. The van der Waals surface area contributed by atoms with E-state index >= 15 is 0 Å². The molecule has 0 fully saturated rings. The first-order valence-corrected chi connectivity index (χ1v) is 12.9. The molecule has 0 bridgehead atoms. The van der Waals surface area contributed by atoms with Gasteiger partial charge in [-0.25, -0.2) is 14.2 Å². The summed E-state index contributed by atoms with van der Waals surface area (Å²) >= 11 is 7.13. The molecule has 0 radical (unpaired) electrons. The third kappa shape index (κ3) is 7.28. The Kier molecular flexibility index (Phi) is 10.2. The van der Waals surface area contributed by atoms with E-state index in [-0.39, 0.29) is 47.8 Å². The third-order valence-corrected chi connectivity index (χ3v) is 7.49. The summed E-state index contributed by atoms with van der Waals surface area (Å²) in [5.41, 5.74) is 2.38. The van der Waals surface area contributed by atoms with Crippen LogP contribution in [0.4, 0.5) is 15.8 Å². The number of aromatic carboxylic acids is 1. The molecule has 1 aliphatic heterocycles. The highest BCUT2D eigenvalue weighted by Crippen LogP contribution is 2.28. The summed E-state index contributed by atoms with van der Waals surface area (Å²) in [5.74, 6) is -1.82. The van der Waals surface area contributed by atoms with E-state index in [0.717, 1.165) is 10.6 Å². The van der Waals surface area contributed by atoms with E-state index in [1.54, 1.807) is 30.3 Å². The first-order chi connectivity index (χ1) is 17.7. The topological polar surface area (TPSA) is 112 Å². The predicted molar refractivity (Wildman–Crippen MR) is 149 cm³/mol. The zero-order chi connectivity index (χ0) is 26.5. The van der Waals surface area contributed by atoms with E-state index in [2.05, 4.69) is 15.6 Å². The van der Waals surface area contributed by atoms with Crippen LogP contribution < -0.4 is 10.6 Å². The quantitative estimate of drug-likeness (QED) is 0.310. The Morgan fingerprint density at radius 2 is 1.92 bits per heavy atom. The van der Waals surface area contributed by atoms with E-state index in [0.29, 0.717) is 41.5 Å². The van der Waals surface area contributed by atoms with Crippen LogP contribution in [0.3, 0.4) is 0 Å². The maximum Gasteiger partial charge on any atom is 0.335 e. The largest absolute Gasteiger partial charge is 0.478 e. The third-order valence-electron chi connectivity index (χ3n) is 6.16. The van der Waals surface area contributed by atoms with Gasteiger partial charge in [-0.1, -0.05) is 17.7 Å². The van der Waals surface area contributed by atoms with E-state index in [9.17, 15) is 23.9 Å². The minimum Gasteiger partial charge on any atom is -0.478 e. The minimum atomic E-state index is -1.13. The lowest BCUT2D eigenvalue weighted by Crippen LogP contribution is -2.38. The predicted octanol–water partition coefficient (Wildman–Crippen LogP) is 5.46. The van der Waals surface area contributed by atoms with Crippen molar-refractivity contribution in [3.63, 3.8) is 0 Å². The fourth-order valence-corrected chi connectivity index (χ4v) is 5.17. The Balaban J connectivity index is 0.00000400. The lowest BCUT2D eigenvalue weighted by Gasteiger charge is -2.29. The number of carboxylic acid groups (broad SMARTS) is 1. The van der Waals surface area contributed by atoms with Gasteiger partial charge in [0.1, 0.15) is 6.67 Å². The van der Waals surface area contributed by atoms with Crippen molar-refractivity contribution in [2.24, 2.45) is 0 Å². The van der Waals surface area contributed by atoms with Crippen molar-refractivity contribution >= 4 is 64.5 Å². The van der Waals surface area contributed by atoms with Crippen LogP contribution in [0.1, 0.15) is 49.6 Å². The van der Waals surface area contributed by atoms with Gasteiger partial charge in [-0.15, -0.1) is 23.7 Å². The molecule has 8 nitrogen and oxygen atoms in total. The highest BCUT2D eigenvalue weighted by Gasteiger charge is 2.26. The zero-order valence-electron chi connectivity index (χ0n) is 20.5. The SMILES string of the molecule is CC(CF)N1CCc2nc(C(=O)Nc3cc(C(=O)O)ccc3CCC(=O)Nc3ccc(Cl)cc3)sc2C1.Cl. The summed E-state index contributed by atoms with van der Waals surface area (Å²) in [6.45, 7) is 2.59. The minimum absolute atomic E-state index is 0. The first-order valence-electron chi connectivity index (χ1n) is 11.7. The summed E-state index contributed by atoms with van der Waals surface area (Å²) in [7, 11) is 0. The maximum absolute atomic E-state index is 13.1. The Bertz CT molecular complexity index is 1320. The number of nitrogens with zero attached hydrogens (tertiary/aromatic N) is 2. The Morgan fingerprint density at radius 3 is 2.61 bits per heavy atom. The molecular formula is C26H27Cl2FN4O4S. The van der Waals surface area contributed by atoms with E-state index in [4.69, 9.17) is 11.6 Å². The number of nitrogens with one attached hydrogen (secondary N) is 2. The lowest BCUT2D eigenvalue weighted by molar-refractivity contribution is -0.116. The Labute approximate surface area is 234 Å². The molecule has 0 aliphatic carbocycles. The van der Waals surface area contributed by atoms with Gasteiger partial charge >= 0.3 is 5.97 Å². The average Bonchev–Trinajstić information content (AvgIpc) is 3.32. The standard InChI is InChI=1S/C26H26ClFN4O4S.ClH/c1-15(13-28)32-11-10-20-22(14-32)37-25(31-20)24(34)30-21-12-17(26(35)36)3-2-16(21)4-9-23(33)29-19-7-5-18(27)6-8-19;/h2-3,5-8,12,15H,4,9-11,13-14H2,1H3,(H,29,33)(H,30,34)(H,35,36);1H. The summed E-state index contributed by atoms with van der Waals surface area (Å²) in [4.78, 5) is 44.5. The van der Waals surface area contributed by atoms with Crippen molar-refractivity contribution in [3.8, 4) is 0 Å². The van der Waals surface area contributed by atoms with Gasteiger partial charge < -0.3 is 15.7 Å². The number of halogens is 3. The van der Waals surface area contributed by atoms with Crippen molar-refractivity contribution in [1.82, 2.24) is 9.88 Å². The molecule has 0 saturated heterocycles. The summed E-state index contributed by atoms with van der Waals surface area (Å²) in [6.07, 6.45) is 1.03. The number of carbonyl (C=O) groups excluding carboxylic acids is 2. The van der Waals surface area contributed by atoms with Crippen molar-refractivity contribution < 1.29 is 23.9 Å². The number of hydrogen-bond acceptors (Lipinski definition) is 6. The molecule has 2 heterocycles. The number of hydrogen-bond donors (Lipinski definition) is 3. The normalized spacial score (nSPS) is 13.7. The van der Waals surface area contributed by atoms with E-state index in [1.807, 2.05) is 11.8 Å². The smallest absolute Gasteiger partial charge is 0.335 e. The van der Waals surface area contributed by atoms with Crippen LogP contribution in [0.2, 0.25) is 5.02 Å². The number of aromatic nitrogens is 1. The molecule has 1 atom stereocenters. The molecule has 0 spiro atoms. The van der Waals surface area contributed by atoms with Gasteiger partial charge in [0.2, 0.25) is 5.91 Å². The highest BCUT2D eigenvalue weighted by molar-refractivity contribution is 7.13. The summed E-state index contributed by atoms with van der Waals surface area (Å²) < 4.78 is 13.1. The number of anilines is 2. The maximum atomic E-state index is 13.1. The number of aryl methyl sites for hydroxylation is 1. The molecule has 1 unspecified atom stereocenters.